The summed E-state index contributed by atoms with van der Waals surface area (Å²) < 4.78 is 5.42. The Balaban J connectivity index is 1.29. The highest BCUT2D eigenvalue weighted by molar-refractivity contribution is 5.74. The average molecular weight is 396 g/mol. The van der Waals surface area contributed by atoms with E-state index in [-0.39, 0.29) is 6.03 Å². The first-order chi connectivity index (χ1) is 14.3. The molecule has 2 saturated heterocycles. The third kappa shape index (κ3) is 5.14. The molecule has 2 aliphatic rings. The van der Waals surface area contributed by atoms with E-state index < -0.39 is 0 Å². The molecule has 8 nitrogen and oxygen atoms in total. The number of nitrogens with zero attached hydrogens (tertiary/aromatic N) is 4. The topological polar surface area (TPSA) is 82.6 Å². The largest absolute Gasteiger partial charge is 0.378 e. The average Bonchev–Trinajstić information content (AvgIpc) is 3.32. The van der Waals surface area contributed by atoms with Crippen LogP contribution in [-0.2, 0) is 17.8 Å². The van der Waals surface area contributed by atoms with Crippen molar-refractivity contribution in [3.8, 4) is 0 Å². The minimum Gasteiger partial charge on any atom is -0.378 e. The van der Waals surface area contributed by atoms with Gasteiger partial charge in [0.1, 0.15) is 11.6 Å². The molecule has 0 radical (unpaired) electrons. The first-order valence-electron chi connectivity index (χ1n) is 10.3. The maximum Gasteiger partial charge on any atom is 0.315 e. The predicted molar refractivity (Wildman–Crippen MR) is 112 cm³/mol. The molecule has 2 amide bonds. The van der Waals surface area contributed by atoms with Crippen LogP contribution >= 0.6 is 0 Å². The van der Waals surface area contributed by atoms with Crippen LogP contribution in [0.3, 0.4) is 0 Å². The van der Waals surface area contributed by atoms with Crippen LogP contribution in [0.25, 0.3) is 0 Å². The highest BCUT2D eigenvalue weighted by atomic mass is 16.5. The summed E-state index contributed by atoms with van der Waals surface area (Å²) in [4.78, 5) is 25.8. The normalized spacial score (nSPS) is 16.7. The predicted octanol–water partition coefficient (Wildman–Crippen LogP) is 1.91. The standard InChI is InChI=1S/C21H28N6O2/c28-21(24-15-17-5-7-22-19(14-17)26-8-1-2-9-26)25-16-18-4-3-6-23-20(18)27-10-12-29-13-11-27/h3-7,14H,1-2,8-13,15-16H2,(H2,24,25,28). The van der Waals surface area contributed by atoms with Crippen molar-refractivity contribution in [1.29, 1.82) is 0 Å². The van der Waals surface area contributed by atoms with Crippen molar-refractivity contribution >= 4 is 17.7 Å². The zero-order valence-electron chi connectivity index (χ0n) is 16.6. The molecule has 2 N–H and O–H groups in total. The molecule has 0 aromatic carbocycles. The van der Waals surface area contributed by atoms with E-state index in [2.05, 4.69) is 36.5 Å². The highest BCUT2D eigenvalue weighted by Gasteiger charge is 2.16. The van der Waals surface area contributed by atoms with Gasteiger partial charge in [-0.05, 0) is 36.6 Å². The van der Waals surface area contributed by atoms with Gasteiger partial charge in [0.25, 0.3) is 0 Å². The number of anilines is 2. The fourth-order valence-electron chi connectivity index (χ4n) is 3.74. The molecule has 0 unspecified atom stereocenters. The number of carbonyl (C=O) groups excluding carboxylic acids is 1. The Morgan fingerprint density at radius 1 is 0.966 bits per heavy atom. The lowest BCUT2D eigenvalue weighted by Gasteiger charge is -2.29. The number of carbonyl (C=O) groups is 1. The molecule has 2 aromatic heterocycles. The molecule has 0 aliphatic carbocycles. The van der Waals surface area contributed by atoms with Crippen LogP contribution in [0.15, 0.2) is 36.7 Å². The lowest BCUT2D eigenvalue weighted by molar-refractivity contribution is 0.122. The van der Waals surface area contributed by atoms with Crippen LogP contribution in [0.2, 0.25) is 0 Å². The van der Waals surface area contributed by atoms with Crippen LogP contribution < -0.4 is 20.4 Å². The van der Waals surface area contributed by atoms with Crippen molar-refractivity contribution < 1.29 is 9.53 Å². The van der Waals surface area contributed by atoms with Crippen LogP contribution in [0.4, 0.5) is 16.4 Å². The van der Waals surface area contributed by atoms with Crippen molar-refractivity contribution in [3.63, 3.8) is 0 Å². The Hall–Kier alpha value is -2.87. The summed E-state index contributed by atoms with van der Waals surface area (Å²) in [6, 6.07) is 7.71. The number of aromatic nitrogens is 2. The van der Waals surface area contributed by atoms with Crippen molar-refractivity contribution in [2.24, 2.45) is 0 Å². The fourth-order valence-corrected chi connectivity index (χ4v) is 3.74. The third-order valence-electron chi connectivity index (χ3n) is 5.31. The molecule has 8 heteroatoms. The molecule has 29 heavy (non-hydrogen) atoms. The van der Waals surface area contributed by atoms with Gasteiger partial charge in [-0.15, -0.1) is 0 Å². The number of hydrogen-bond donors (Lipinski definition) is 2. The quantitative estimate of drug-likeness (QED) is 0.776. The second kappa shape index (κ2) is 9.56. The van der Waals surface area contributed by atoms with E-state index in [0.717, 1.165) is 48.9 Å². The van der Waals surface area contributed by atoms with Crippen molar-refractivity contribution in [3.05, 3.63) is 47.8 Å². The van der Waals surface area contributed by atoms with E-state index in [1.165, 1.54) is 12.8 Å². The first-order valence-corrected chi connectivity index (χ1v) is 10.3. The van der Waals surface area contributed by atoms with Crippen molar-refractivity contribution in [2.75, 3.05) is 49.2 Å². The fraction of sp³-hybridized carbons (Fsp3) is 0.476. The van der Waals surface area contributed by atoms with Crippen molar-refractivity contribution in [2.45, 2.75) is 25.9 Å². The molecule has 2 fully saturated rings. The number of rotatable bonds is 6. The summed E-state index contributed by atoms with van der Waals surface area (Å²) in [7, 11) is 0. The summed E-state index contributed by atoms with van der Waals surface area (Å²) in [6.07, 6.45) is 6.03. The zero-order valence-corrected chi connectivity index (χ0v) is 16.6. The van der Waals surface area contributed by atoms with E-state index in [1.54, 1.807) is 6.20 Å². The second-order valence-corrected chi connectivity index (χ2v) is 7.34. The molecular weight excluding hydrogens is 368 g/mol. The molecule has 0 atom stereocenters. The smallest absolute Gasteiger partial charge is 0.315 e. The van der Waals surface area contributed by atoms with Gasteiger partial charge in [-0.25, -0.2) is 14.8 Å². The first kappa shape index (κ1) is 19.4. The van der Waals surface area contributed by atoms with Crippen LogP contribution in [-0.4, -0.2) is 55.4 Å². The van der Waals surface area contributed by atoms with Crippen molar-refractivity contribution in [1.82, 2.24) is 20.6 Å². The SMILES string of the molecule is O=C(NCc1ccnc(N2CCCC2)c1)NCc1cccnc1N1CCOCC1. The van der Waals surface area contributed by atoms with Gasteiger partial charge in [-0.3, -0.25) is 0 Å². The summed E-state index contributed by atoms with van der Waals surface area (Å²) in [5.41, 5.74) is 2.05. The lowest BCUT2D eigenvalue weighted by atomic mass is 10.2. The Labute approximate surface area is 171 Å². The van der Waals surface area contributed by atoms with E-state index >= 15 is 0 Å². The zero-order chi connectivity index (χ0) is 19.9. The Kier molecular flexibility index (Phi) is 6.41. The molecule has 4 heterocycles. The molecule has 0 bridgehead atoms. The van der Waals surface area contributed by atoms with Gasteiger partial charge in [0.2, 0.25) is 0 Å². The Morgan fingerprint density at radius 2 is 1.76 bits per heavy atom. The number of morpholine rings is 1. The number of nitrogens with one attached hydrogen (secondary N) is 2. The van der Waals surface area contributed by atoms with Gasteiger partial charge >= 0.3 is 6.03 Å². The summed E-state index contributed by atoms with van der Waals surface area (Å²) in [5.74, 6) is 1.91. The number of pyridine rings is 2. The van der Waals surface area contributed by atoms with Crippen LogP contribution in [0.1, 0.15) is 24.0 Å². The molecule has 2 aliphatic heterocycles. The van der Waals surface area contributed by atoms with Gasteiger partial charge in [0, 0.05) is 57.2 Å². The summed E-state index contributed by atoms with van der Waals surface area (Å²) in [5, 5.41) is 5.88. The van der Waals surface area contributed by atoms with Crippen LogP contribution in [0.5, 0.6) is 0 Å². The van der Waals surface area contributed by atoms with Crippen LogP contribution in [0, 0.1) is 0 Å². The molecule has 154 valence electrons. The Bertz CT molecular complexity index is 818. The van der Waals surface area contributed by atoms with Gasteiger partial charge in [-0.1, -0.05) is 6.07 Å². The molecular formula is C21H28N6O2. The molecule has 4 rings (SSSR count). The molecule has 2 aromatic rings. The Morgan fingerprint density at radius 3 is 2.59 bits per heavy atom. The minimum absolute atomic E-state index is 0.193. The van der Waals surface area contributed by atoms with Gasteiger partial charge in [0.15, 0.2) is 0 Å². The van der Waals surface area contributed by atoms with Gasteiger partial charge < -0.3 is 25.2 Å². The lowest BCUT2D eigenvalue weighted by Crippen LogP contribution is -2.38. The molecule has 0 spiro atoms. The minimum atomic E-state index is -0.193. The molecule has 0 saturated carbocycles. The highest BCUT2D eigenvalue weighted by Crippen LogP contribution is 2.19. The maximum absolute atomic E-state index is 12.3. The van der Waals surface area contributed by atoms with E-state index in [9.17, 15) is 4.79 Å². The van der Waals surface area contributed by atoms with Gasteiger partial charge in [0.05, 0.1) is 13.2 Å². The number of ether oxygens (including phenoxy) is 1. The van der Waals surface area contributed by atoms with E-state index in [4.69, 9.17) is 4.74 Å². The number of amides is 2. The monoisotopic (exact) mass is 396 g/mol. The van der Waals surface area contributed by atoms with E-state index in [0.29, 0.717) is 26.3 Å². The summed E-state index contributed by atoms with van der Waals surface area (Å²) >= 11 is 0. The second-order valence-electron chi connectivity index (χ2n) is 7.34. The maximum atomic E-state index is 12.3. The number of urea groups is 1. The third-order valence-corrected chi connectivity index (χ3v) is 5.31. The number of hydrogen-bond acceptors (Lipinski definition) is 6. The summed E-state index contributed by atoms with van der Waals surface area (Å²) in [6.45, 7) is 6.06. The van der Waals surface area contributed by atoms with E-state index in [1.807, 2.05) is 24.4 Å². The van der Waals surface area contributed by atoms with Gasteiger partial charge in [-0.2, -0.15) is 0 Å².